The molecule has 0 saturated heterocycles. The molecule has 140 valence electrons. The first-order valence-corrected chi connectivity index (χ1v) is 10.8. The lowest BCUT2D eigenvalue weighted by molar-refractivity contribution is -0.209. The summed E-state index contributed by atoms with van der Waals surface area (Å²) in [5.41, 5.74) is -2.74. The van der Waals surface area contributed by atoms with Gasteiger partial charge in [0.1, 0.15) is 11.8 Å². The van der Waals surface area contributed by atoms with Crippen molar-refractivity contribution in [2.75, 3.05) is 6.26 Å². The lowest BCUT2D eigenvalue weighted by Crippen LogP contribution is -2.68. The SMILES string of the molecule is CS[C@H]1CC[C@H]2[C@@H]3C[C@H](F)C4=CC(=O)CC[C@]4(C)[C@@]3(F)[C@@H](O)C[C@]12C. The van der Waals surface area contributed by atoms with E-state index in [1.807, 2.05) is 0 Å². The van der Waals surface area contributed by atoms with Crippen LogP contribution >= 0.6 is 11.8 Å². The highest BCUT2D eigenvalue weighted by Crippen LogP contribution is 2.69. The minimum atomic E-state index is -1.83. The fourth-order valence-electron chi connectivity index (χ4n) is 6.90. The molecule has 0 aliphatic heterocycles. The minimum absolute atomic E-state index is 0.101. The lowest BCUT2D eigenvalue weighted by Gasteiger charge is -2.63. The summed E-state index contributed by atoms with van der Waals surface area (Å²) in [5, 5.41) is 11.4. The van der Waals surface area contributed by atoms with E-state index in [1.54, 1.807) is 18.7 Å². The lowest BCUT2D eigenvalue weighted by atomic mass is 9.44. The summed E-state index contributed by atoms with van der Waals surface area (Å²) in [6.07, 6.45) is 4.05. The van der Waals surface area contributed by atoms with Gasteiger partial charge in [-0.1, -0.05) is 13.8 Å². The third-order valence-electron chi connectivity index (χ3n) is 8.22. The quantitative estimate of drug-likeness (QED) is 0.749. The highest BCUT2D eigenvalue weighted by molar-refractivity contribution is 7.99. The Kier molecular flexibility index (Phi) is 3.98. The number of ketones is 1. The van der Waals surface area contributed by atoms with Crippen molar-refractivity contribution in [2.45, 2.75) is 75.6 Å². The standard InChI is InChI=1S/C20H28F2O2S/c1-18-10-16(24)20(22)13(12(18)4-5-17(18)25-3)9-15(21)14-8-11(23)6-7-19(14,20)2/h8,12-13,15-17,24H,4-7,9-10H2,1-3H3/t12-,13-,15-,16-,17-,18-,19-,20-/m0/s1. The summed E-state index contributed by atoms with van der Waals surface area (Å²) in [5.74, 6) is -0.480. The fraction of sp³-hybridized carbons (Fsp3) is 0.850. The maximum Gasteiger partial charge on any atom is 0.155 e. The molecule has 1 N–H and O–H groups in total. The number of halogens is 2. The van der Waals surface area contributed by atoms with Gasteiger partial charge in [-0.3, -0.25) is 4.79 Å². The molecule has 4 aliphatic rings. The molecule has 0 unspecified atom stereocenters. The Labute approximate surface area is 152 Å². The number of alkyl halides is 2. The minimum Gasteiger partial charge on any atom is -0.390 e. The van der Waals surface area contributed by atoms with Gasteiger partial charge in [-0.2, -0.15) is 11.8 Å². The van der Waals surface area contributed by atoms with Gasteiger partial charge >= 0.3 is 0 Å². The molecule has 0 amide bonds. The topological polar surface area (TPSA) is 37.3 Å². The van der Waals surface area contributed by atoms with E-state index in [1.165, 1.54) is 6.08 Å². The molecule has 3 fully saturated rings. The molecule has 0 radical (unpaired) electrons. The number of rotatable bonds is 1. The normalized spacial score (nSPS) is 55.2. The van der Waals surface area contributed by atoms with Crippen LogP contribution in [0.25, 0.3) is 0 Å². The van der Waals surface area contributed by atoms with Gasteiger partial charge in [0.05, 0.1) is 6.10 Å². The summed E-state index contributed by atoms with van der Waals surface area (Å²) in [4.78, 5) is 11.8. The van der Waals surface area contributed by atoms with E-state index < -0.39 is 29.3 Å². The largest absolute Gasteiger partial charge is 0.390 e. The van der Waals surface area contributed by atoms with Crippen molar-refractivity contribution in [2.24, 2.45) is 22.7 Å². The van der Waals surface area contributed by atoms with Gasteiger partial charge in [0.15, 0.2) is 5.78 Å². The number of carbonyl (C=O) groups excluding carboxylic acids is 1. The zero-order valence-corrected chi connectivity index (χ0v) is 16.0. The van der Waals surface area contributed by atoms with Crippen LogP contribution in [0.15, 0.2) is 11.6 Å². The van der Waals surface area contributed by atoms with E-state index >= 15 is 8.78 Å². The van der Waals surface area contributed by atoms with Gasteiger partial charge in [-0.15, -0.1) is 0 Å². The van der Waals surface area contributed by atoms with Gasteiger partial charge in [-0.25, -0.2) is 8.78 Å². The van der Waals surface area contributed by atoms with Crippen molar-refractivity contribution >= 4 is 17.5 Å². The van der Waals surface area contributed by atoms with E-state index in [4.69, 9.17) is 0 Å². The maximum absolute atomic E-state index is 16.7. The first-order chi connectivity index (χ1) is 11.7. The van der Waals surface area contributed by atoms with Gasteiger partial charge in [0, 0.05) is 23.0 Å². The van der Waals surface area contributed by atoms with E-state index in [0.29, 0.717) is 23.7 Å². The Morgan fingerprint density at radius 2 is 2.00 bits per heavy atom. The van der Waals surface area contributed by atoms with Crippen molar-refractivity contribution in [3.05, 3.63) is 11.6 Å². The molecule has 2 nitrogen and oxygen atoms in total. The van der Waals surface area contributed by atoms with Crippen molar-refractivity contribution in [3.8, 4) is 0 Å². The molecule has 8 atom stereocenters. The van der Waals surface area contributed by atoms with E-state index in [2.05, 4.69) is 13.2 Å². The van der Waals surface area contributed by atoms with Crippen LogP contribution in [-0.4, -0.2) is 40.3 Å². The third kappa shape index (κ3) is 2.08. The van der Waals surface area contributed by atoms with Crippen molar-refractivity contribution in [1.82, 2.24) is 0 Å². The molecule has 25 heavy (non-hydrogen) atoms. The van der Waals surface area contributed by atoms with Crippen LogP contribution in [-0.2, 0) is 4.79 Å². The van der Waals surface area contributed by atoms with Crippen LogP contribution in [0, 0.1) is 22.7 Å². The molecule has 5 heteroatoms. The zero-order chi connectivity index (χ0) is 18.2. The van der Waals surface area contributed by atoms with Crippen LogP contribution in [0.1, 0.15) is 52.4 Å². The number of hydrogen-bond donors (Lipinski definition) is 1. The van der Waals surface area contributed by atoms with E-state index in [-0.39, 0.29) is 30.0 Å². The monoisotopic (exact) mass is 370 g/mol. The third-order valence-corrected chi connectivity index (χ3v) is 9.56. The molecule has 0 aromatic carbocycles. The molecule has 4 rings (SSSR count). The zero-order valence-electron chi connectivity index (χ0n) is 15.2. The van der Waals surface area contributed by atoms with Gasteiger partial charge in [0.2, 0.25) is 0 Å². The number of allylic oxidation sites excluding steroid dienone is 1. The molecule has 0 bridgehead atoms. The second-order valence-corrected chi connectivity index (χ2v) is 10.2. The summed E-state index contributed by atoms with van der Waals surface area (Å²) < 4.78 is 31.8. The molecule has 0 heterocycles. The van der Waals surface area contributed by atoms with E-state index in [9.17, 15) is 9.90 Å². The predicted octanol–water partition coefficient (Wildman–Crippen LogP) is 4.26. The fourth-order valence-corrected chi connectivity index (χ4v) is 8.08. The van der Waals surface area contributed by atoms with Crippen molar-refractivity contribution in [1.29, 1.82) is 0 Å². The summed E-state index contributed by atoms with van der Waals surface area (Å²) >= 11 is 1.80. The van der Waals surface area contributed by atoms with Crippen LogP contribution in [0.2, 0.25) is 0 Å². The summed E-state index contributed by atoms with van der Waals surface area (Å²) in [6.45, 7) is 3.91. The van der Waals surface area contributed by atoms with Gasteiger partial charge < -0.3 is 5.11 Å². The molecule has 3 saturated carbocycles. The van der Waals surface area contributed by atoms with Crippen LogP contribution < -0.4 is 0 Å². The van der Waals surface area contributed by atoms with Crippen molar-refractivity contribution < 1.29 is 18.7 Å². The Morgan fingerprint density at radius 1 is 1.28 bits per heavy atom. The van der Waals surface area contributed by atoms with E-state index in [0.717, 1.165) is 12.8 Å². The predicted molar refractivity (Wildman–Crippen MR) is 96.0 cm³/mol. The number of hydrogen-bond acceptors (Lipinski definition) is 3. The summed E-state index contributed by atoms with van der Waals surface area (Å²) in [7, 11) is 0. The Bertz CT molecular complexity index is 637. The molecule has 0 aromatic rings. The smallest absolute Gasteiger partial charge is 0.155 e. The first-order valence-electron chi connectivity index (χ1n) is 9.47. The number of carbonyl (C=O) groups is 1. The average Bonchev–Trinajstić information content (AvgIpc) is 2.88. The highest BCUT2D eigenvalue weighted by atomic mass is 32.2. The molecular formula is C20H28F2O2S. The molecule has 0 aromatic heterocycles. The Balaban J connectivity index is 1.83. The molecule has 4 aliphatic carbocycles. The number of aliphatic hydroxyl groups excluding tert-OH is 1. The molecule has 0 spiro atoms. The number of fused-ring (bicyclic) bond motifs is 5. The second kappa shape index (κ2) is 5.54. The van der Waals surface area contributed by atoms with Crippen LogP contribution in [0.4, 0.5) is 8.78 Å². The first kappa shape index (κ1) is 18.0. The van der Waals surface area contributed by atoms with Crippen LogP contribution in [0.5, 0.6) is 0 Å². The van der Waals surface area contributed by atoms with Gasteiger partial charge in [0.25, 0.3) is 0 Å². The average molecular weight is 371 g/mol. The summed E-state index contributed by atoms with van der Waals surface area (Å²) in [6, 6.07) is 0. The number of aliphatic hydroxyl groups is 1. The second-order valence-electron chi connectivity index (χ2n) is 9.11. The Hall–Kier alpha value is -0.420. The Morgan fingerprint density at radius 3 is 2.68 bits per heavy atom. The molecular weight excluding hydrogens is 342 g/mol. The highest BCUT2D eigenvalue weighted by Gasteiger charge is 2.72. The maximum atomic E-state index is 16.7. The van der Waals surface area contributed by atoms with Gasteiger partial charge in [-0.05, 0) is 61.3 Å². The van der Waals surface area contributed by atoms with Crippen LogP contribution in [0.3, 0.4) is 0 Å². The van der Waals surface area contributed by atoms with Crippen molar-refractivity contribution in [3.63, 3.8) is 0 Å². The number of thioether (sulfide) groups is 1.